The van der Waals surface area contributed by atoms with Crippen LogP contribution >= 0.6 is 0 Å². The summed E-state index contributed by atoms with van der Waals surface area (Å²) in [7, 11) is 9.93. The van der Waals surface area contributed by atoms with Crippen LogP contribution in [0.3, 0.4) is 0 Å². The third-order valence-corrected chi connectivity index (χ3v) is 14.1. The van der Waals surface area contributed by atoms with E-state index in [9.17, 15) is 0 Å². The Kier molecular flexibility index (Phi) is 38.6. The Bertz CT molecular complexity index is 3620. The van der Waals surface area contributed by atoms with Crippen molar-refractivity contribution in [2.24, 2.45) is 0 Å². The number of aliphatic hydroxyl groups is 1. The summed E-state index contributed by atoms with van der Waals surface area (Å²) in [5, 5.41) is 12.1. The molecule has 0 unspecified atom stereocenters. The first-order chi connectivity index (χ1) is 44.3. The minimum absolute atomic E-state index is 0. The quantitative estimate of drug-likeness (QED) is 0.121. The number of benzene rings is 8. The molecule has 520 valence electrons. The fourth-order valence-corrected chi connectivity index (χ4v) is 9.27. The number of nitrogens with one attached hydrogen (secondary N) is 1. The number of anilines is 7. The predicted molar refractivity (Wildman–Crippen MR) is 373 cm³/mol. The smallest absolute Gasteiger partial charge is 0.510 e. The number of para-hydroxylation sites is 4. The van der Waals surface area contributed by atoms with Crippen molar-refractivity contribution < 1.29 is 130 Å². The van der Waals surface area contributed by atoms with E-state index in [-0.39, 0.29) is 137 Å². The standard InChI is InChI=1S/C16H14N2.C15H12N2.C13H16N2.C12H15N3.C11H12N2O.C10H10N2.2Ir.4Pt/c1-17-10-11-18(13-17)16-9-5-8-15(12-16)14-6-3-2-4-7-14;1-3-7-14(8-4-1)16-11-12-17(13-16)15-9-5-2-6-10-15;1-13(2,3)15-10-9-14(11-15)12-7-5-4-6-8-12;1-13-9-11-4-3-5-12(8-11)15-7-6-14(2)10-15;1-12-5-6-13(9-12)11-4-2-3-10(7-11)8-14;1-11-7-8-12(9-11)10-5-3-2-4-6-10;;;;;;/h2-8,10-13H,1H3;1-9,11-13H;4-7,9-11H,1-3H3;3-4,6-8,10,13H,9H2,1-2H3;2-3,5-7,9,14H,8H2,1H3;2-5,7-9H,1H3;;;;;;/q6*-2;;;4*+2. The molecule has 2 N–H and O–H groups in total. The van der Waals surface area contributed by atoms with E-state index in [4.69, 9.17) is 5.11 Å². The third kappa shape index (κ3) is 26.8. The van der Waals surface area contributed by atoms with Crippen LogP contribution in [0.25, 0.3) is 11.1 Å². The van der Waals surface area contributed by atoms with Crippen molar-refractivity contribution in [2.75, 3.05) is 69.5 Å². The van der Waals surface area contributed by atoms with Crippen LogP contribution in [-0.2, 0) is 138 Å². The molecule has 14 nitrogen and oxygen atoms in total. The minimum Gasteiger partial charge on any atom is -0.510 e. The molecule has 6 aliphatic heterocycles. The summed E-state index contributed by atoms with van der Waals surface area (Å²) in [4.78, 5) is 24.5. The first-order valence-electron chi connectivity index (χ1n) is 29.9. The van der Waals surface area contributed by atoms with Crippen molar-refractivity contribution in [3.63, 3.8) is 0 Å². The molecule has 8 aromatic carbocycles. The van der Waals surface area contributed by atoms with Gasteiger partial charge >= 0.3 is 84.3 Å². The molecule has 2 radical (unpaired) electrons. The van der Waals surface area contributed by atoms with E-state index in [1.54, 1.807) is 0 Å². The summed E-state index contributed by atoms with van der Waals surface area (Å²) in [6.07, 6.45) is 24.2. The minimum atomic E-state index is 0. The molecule has 0 aromatic heterocycles. The first-order valence-corrected chi connectivity index (χ1v) is 29.9. The van der Waals surface area contributed by atoms with Gasteiger partial charge in [-0.15, -0.1) is 75.7 Å². The van der Waals surface area contributed by atoms with Gasteiger partial charge in [0.2, 0.25) is 0 Å². The Morgan fingerprint density at radius 3 is 1.10 bits per heavy atom. The summed E-state index contributed by atoms with van der Waals surface area (Å²) >= 11 is 0. The zero-order valence-electron chi connectivity index (χ0n) is 54.9. The fraction of sp³-hybridized carbons (Fsp3) is 0.143. The van der Waals surface area contributed by atoms with Gasteiger partial charge in [0.15, 0.2) is 0 Å². The van der Waals surface area contributed by atoms with Crippen LogP contribution in [0.4, 0.5) is 39.8 Å². The Morgan fingerprint density at radius 1 is 0.351 bits per heavy atom. The second kappa shape index (κ2) is 44.0. The van der Waals surface area contributed by atoms with E-state index in [0.29, 0.717) is 0 Å². The van der Waals surface area contributed by atoms with E-state index in [1.807, 2.05) is 292 Å². The molecule has 0 atom stereocenters. The number of nitrogens with zero attached hydrogens (tertiary/aromatic N) is 12. The molecule has 20 heteroatoms. The van der Waals surface area contributed by atoms with E-state index >= 15 is 0 Å². The van der Waals surface area contributed by atoms with Crippen LogP contribution in [0.15, 0.2) is 262 Å². The number of hydrogen-bond acceptors (Lipinski definition) is 14. The van der Waals surface area contributed by atoms with Crippen LogP contribution in [0.2, 0.25) is 0 Å². The van der Waals surface area contributed by atoms with Crippen molar-refractivity contribution in [3.8, 4) is 11.1 Å². The van der Waals surface area contributed by atoms with Gasteiger partial charge in [-0.05, 0) is 155 Å². The molecule has 8 aromatic rings. The number of rotatable bonds is 11. The second-order valence-corrected chi connectivity index (χ2v) is 22.3. The summed E-state index contributed by atoms with van der Waals surface area (Å²) in [5.74, 6) is 0. The van der Waals surface area contributed by atoms with Crippen molar-refractivity contribution in [1.29, 1.82) is 0 Å². The van der Waals surface area contributed by atoms with Gasteiger partial charge in [0, 0.05) is 58.0 Å². The average Bonchev–Trinajstić information content (AvgIpc) is 1.82. The number of aliphatic hydroxyl groups excluding tert-OH is 1. The van der Waals surface area contributed by atoms with E-state index < -0.39 is 0 Å². The Balaban J connectivity index is 0.000000301. The molecule has 0 aliphatic carbocycles. The van der Waals surface area contributed by atoms with E-state index in [0.717, 1.165) is 51.9 Å². The molecule has 0 fully saturated rings. The van der Waals surface area contributed by atoms with Crippen LogP contribution in [0.1, 0.15) is 31.9 Å². The topological polar surface area (TPSA) is 71.1 Å². The van der Waals surface area contributed by atoms with Gasteiger partial charge in [0.25, 0.3) is 0 Å². The van der Waals surface area contributed by atoms with Gasteiger partial charge < -0.3 is 69.2 Å². The predicted octanol–water partition coefficient (Wildman–Crippen LogP) is 14.6. The molecular formula is C77H79Ir2N13OPt4-4. The van der Waals surface area contributed by atoms with Crippen LogP contribution in [0, 0.1) is 76.4 Å². The van der Waals surface area contributed by atoms with Crippen molar-refractivity contribution in [1.82, 2.24) is 29.8 Å². The molecule has 0 saturated heterocycles. The van der Waals surface area contributed by atoms with Gasteiger partial charge in [-0.2, -0.15) is 179 Å². The van der Waals surface area contributed by atoms with Crippen LogP contribution in [0.5, 0.6) is 0 Å². The zero-order chi connectivity index (χ0) is 63.8. The second-order valence-electron chi connectivity index (χ2n) is 22.3. The normalized spacial score (nSPS) is 14.2. The summed E-state index contributed by atoms with van der Waals surface area (Å²) in [6, 6.07) is 81.6. The molecule has 6 heterocycles. The Hall–Kier alpha value is -6.23. The third-order valence-electron chi connectivity index (χ3n) is 14.1. The van der Waals surface area contributed by atoms with Gasteiger partial charge in [-0.1, -0.05) is 48.5 Å². The largest absolute Gasteiger partial charge is 2.00 e. The van der Waals surface area contributed by atoms with Crippen molar-refractivity contribution in [2.45, 2.75) is 39.5 Å². The molecule has 6 aliphatic rings. The van der Waals surface area contributed by atoms with Crippen molar-refractivity contribution >= 4 is 39.8 Å². The van der Waals surface area contributed by atoms with Crippen LogP contribution in [-0.4, -0.2) is 70.4 Å². The Labute approximate surface area is 662 Å². The van der Waals surface area contributed by atoms with Gasteiger partial charge in [0.05, 0.1) is 0 Å². The van der Waals surface area contributed by atoms with Gasteiger partial charge in [-0.25, -0.2) is 0 Å². The monoisotopic (exact) mass is 2370 g/mol. The van der Waals surface area contributed by atoms with E-state index in [2.05, 4.69) is 167 Å². The summed E-state index contributed by atoms with van der Waals surface area (Å²) in [6.45, 7) is 19.6. The first kappa shape index (κ1) is 85.0. The maximum Gasteiger partial charge on any atom is 2.00 e. The molecule has 14 rings (SSSR count). The molecular weight excluding hydrogens is 2290 g/mol. The fourth-order valence-electron chi connectivity index (χ4n) is 9.27. The summed E-state index contributed by atoms with van der Waals surface area (Å²) in [5.41, 5.74) is 12.1. The molecule has 0 saturated carbocycles. The molecule has 0 amide bonds. The molecule has 0 spiro atoms. The van der Waals surface area contributed by atoms with Gasteiger partial charge in [0.1, 0.15) is 0 Å². The maximum atomic E-state index is 8.99. The number of hydrogen-bond donors (Lipinski definition) is 2. The zero-order valence-corrected chi connectivity index (χ0v) is 68.8. The summed E-state index contributed by atoms with van der Waals surface area (Å²) < 4.78 is 0. The van der Waals surface area contributed by atoms with E-state index in [1.165, 1.54) is 16.7 Å². The molecule has 0 bridgehead atoms. The maximum absolute atomic E-state index is 8.99. The van der Waals surface area contributed by atoms with Crippen LogP contribution < -0.4 is 39.6 Å². The molecule has 97 heavy (non-hydrogen) atoms. The average molecular weight is 2370 g/mol. The Morgan fingerprint density at radius 2 is 0.701 bits per heavy atom. The van der Waals surface area contributed by atoms with Gasteiger partial charge in [-0.3, -0.25) is 0 Å². The SMILES string of the molecule is CC(C)(C)N1C=CN(c2[c-]cccc2)[CH-]1.CN1C=CN(c2[c-]ccc(-c3ccccc3)c2)[CH-]1.CN1C=CN(c2[c-]ccc(CO)c2)[CH-]1.CN1C=CN(c2[c-]cccc2)[CH-]1.CNCc1cc[c-]c(N2C=CN(C)[CH-]2)c1.[Ir].[Ir].[Pt+2].[Pt+2].[Pt+2].[Pt+2].[c-]1ccccc1N1C=CN(c2ccccc2)[CH-]1. The van der Waals surface area contributed by atoms with Crippen molar-refractivity contribution in [3.05, 3.63) is 350 Å².